The van der Waals surface area contributed by atoms with E-state index >= 15 is 0 Å². The lowest BCUT2D eigenvalue weighted by Gasteiger charge is -2.18. The molecule has 30 heavy (non-hydrogen) atoms. The molecule has 1 unspecified atom stereocenters. The van der Waals surface area contributed by atoms with Gasteiger partial charge in [-0.15, -0.1) is 0 Å². The molecule has 150 valence electrons. The molecule has 0 saturated carbocycles. The van der Waals surface area contributed by atoms with Gasteiger partial charge in [-0.3, -0.25) is 23.9 Å². The number of ketones is 2. The molecular weight excluding hydrogens is 388 g/mol. The van der Waals surface area contributed by atoms with Crippen molar-refractivity contribution >= 4 is 22.7 Å². The summed E-state index contributed by atoms with van der Waals surface area (Å²) in [6.45, 7) is 0. The molecule has 0 aliphatic carbocycles. The van der Waals surface area contributed by atoms with Gasteiger partial charge >= 0.3 is 5.69 Å². The van der Waals surface area contributed by atoms with E-state index in [-0.39, 0.29) is 28.0 Å². The Morgan fingerprint density at radius 3 is 2.37 bits per heavy atom. The number of carbonyl (C=O) groups is 2. The van der Waals surface area contributed by atoms with Gasteiger partial charge in [-0.05, 0) is 12.1 Å². The number of fused-ring (bicyclic) bond motifs is 1. The number of aromatic nitrogens is 4. The number of aryl methyl sites for hydroxylation is 1. The molecule has 9 nitrogen and oxygen atoms in total. The Morgan fingerprint density at radius 1 is 1.00 bits per heavy atom. The average Bonchev–Trinajstić information content (AvgIpc) is 3.13. The number of carbonyl (C=O) groups excluding carboxylic acids is 2. The zero-order valence-electron chi connectivity index (χ0n) is 15.8. The van der Waals surface area contributed by atoms with Crippen LogP contribution >= 0.6 is 0 Å². The Hall–Kier alpha value is -4.27. The van der Waals surface area contributed by atoms with Gasteiger partial charge in [0.2, 0.25) is 0 Å². The number of nitrogens with zero attached hydrogens (tertiary/aromatic N) is 3. The summed E-state index contributed by atoms with van der Waals surface area (Å²) in [5.74, 6) is -1.81. The second-order valence-corrected chi connectivity index (χ2v) is 6.67. The Balaban J connectivity index is 2.02. The molecule has 0 spiro atoms. The fourth-order valence-electron chi connectivity index (χ4n) is 3.35. The van der Waals surface area contributed by atoms with Crippen LogP contribution in [-0.2, 0) is 7.05 Å². The number of benzene rings is 2. The smallest absolute Gasteiger partial charge is 0.331 e. The number of nitrogens with one attached hydrogen (secondary N) is 1. The predicted molar refractivity (Wildman–Crippen MR) is 108 cm³/mol. The molecule has 0 saturated heterocycles. The van der Waals surface area contributed by atoms with Crippen LogP contribution in [-0.4, -0.2) is 35.8 Å². The highest BCUT2D eigenvalue weighted by atomic mass is 16.3. The molecule has 1 atom stereocenters. The van der Waals surface area contributed by atoms with E-state index in [4.69, 9.17) is 0 Å². The van der Waals surface area contributed by atoms with Crippen molar-refractivity contribution < 1.29 is 14.7 Å². The standard InChI is InChI=1S/C21H16N4O5/c1-24-11-22-19-16(24)20(29)23-21(30)25(19)15(17(27)12-7-3-2-4-8-12)18(28)13-9-5-6-10-14(13)26/h2-11,15,26H,1H3,(H,23,29,30). The maximum absolute atomic E-state index is 13.4. The first-order chi connectivity index (χ1) is 14.4. The number of imidazole rings is 1. The third-order valence-corrected chi connectivity index (χ3v) is 4.78. The minimum absolute atomic E-state index is 0.0329. The molecule has 2 N–H and O–H groups in total. The summed E-state index contributed by atoms with van der Waals surface area (Å²) < 4.78 is 2.25. The monoisotopic (exact) mass is 404 g/mol. The molecule has 0 aliphatic rings. The van der Waals surface area contributed by atoms with Crippen molar-refractivity contribution in [1.82, 2.24) is 19.1 Å². The third-order valence-electron chi connectivity index (χ3n) is 4.78. The van der Waals surface area contributed by atoms with Crippen LogP contribution in [0.4, 0.5) is 0 Å². The first-order valence-electron chi connectivity index (χ1n) is 8.97. The number of phenols is 1. The number of aromatic amines is 1. The quantitative estimate of drug-likeness (QED) is 0.383. The highest BCUT2D eigenvalue weighted by Gasteiger charge is 2.34. The van der Waals surface area contributed by atoms with Crippen LogP contribution in [0.25, 0.3) is 11.2 Å². The summed E-state index contributed by atoms with van der Waals surface area (Å²) in [6.07, 6.45) is 1.31. The number of rotatable bonds is 5. The van der Waals surface area contributed by atoms with E-state index in [0.717, 1.165) is 4.57 Å². The van der Waals surface area contributed by atoms with Crippen LogP contribution in [0.2, 0.25) is 0 Å². The van der Waals surface area contributed by atoms with Crippen LogP contribution in [0, 0.1) is 0 Å². The molecule has 2 aromatic heterocycles. The van der Waals surface area contributed by atoms with Crippen molar-refractivity contribution in [3.63, 3.8) is 0 Å². The van der Waals surface area contributed by atoms with E-state index in [1.165, 1.54) is 47.3 Å². The predicted octanol–water partition coefficient (Wildman–Crippen LogP) is 1.44. The molecule has 4 aromatic rings. The van der Waals surface area contributed by atoms with Crippen LogP contribution in [0.3, 0.4) is 0 Å². The van der Waals surface area contributed by atoms with Crippen LogP contribution in [0.15, 0.2) is 70.5 Å². The molecule has 0 fully saturated rings. The highest BCUT2D eigenvalue weighted by Crippen LogP contribution is 2.26. The number of H-pyrrole nitrogens is 1. The van der Waals surface area contributed by atoms with Crippen LogP contribution < -0.4 is 11.2 Å². The van der Waals surface area contributed by atoms with E-state index in [2.05, 4.69) is 9.97 Å². The van der Waals surface area contributed by atoms with Crippen LogP contribution in [0.1, 0.15) is 26.8 Å². The minimum atomic E-state index is -1.68. The van der Waals surface area contributed by atoms with Crippen molar-refractivity contribution in [3.8, 4) is 5.75 Å². The Labute approximate surface area is 168 Å². The molecule has 2 heterocycles. The zero-order chi connectivity index (χ0) is 21.4. The van der Waals surface area contributed by atoms with Crippen molar-refractivity contribution in [3.05, 3.63) is 92.9 Å². The average molecular weight is 404 g/mol. The lowest BCUT2D eigenvalue weighted by Crippen LogP contribution is -2.40. The summed E-state index contributed by atoms with van der Waals surface area (Å²) in [6, 6.07) is 12.0. The number of phenolic OH excluding ortho intramolecular Hbond substituents is 1. The van der Waals surface area contributed by atoms with Gasteiger partial charge in [-0.1, -0.05) is 42.5 Å². The van der Waals surface area contributed by atoms with E-state index < -0.39 is 28.9 Å². The van der Waals surface area contributed by atoms with Crippen molar-refractivity contribution in [2.75, 3.05) is 0 Å². The van der Waals surface area contributed by atoms with Gasteiger partial charge in [0, 0.05) is 12.6 Å². The Kier molecular flexibility index (Phi) is 4.63. The van der Waals surface area contributed by atoms with Gasteiger partial charge in [0.1, 0.15) is 5.75 Å². The summed E-state index contributed by atoms with van der Waals surface area (Å²) in [5.41, 5.74) is -1.66. The number of hydrogen-bond acceptors (Lipinski definition) is 6. The fourth-order valence-corrected chi connectivity index (χ4v) is 3.35. The van der Waals surface area contributed by atoms with Crippen molar-refractivity contribution in [1.29, 1.82) is 0 Å². The SMILES string of the molecule is Cn1cnc2c1c(=O)[nH]c(=O)n2C(C(=O)c1ccccc1)C(=O)c1ccccc1O. The maximum Gasteiger partial charge on any atom is 0.331 e. The first kappa shape index (κ1) is 19.1. The number of Topliss-reactive ketones (excluding diaryl/α,β-unsaturated/α-hetero) is 2. The van der Waals surface area contributed by atoms with Crippen molar-refractivity contribution in [2.24, 2.45) is 7.05 Å². The molecule has 9 heteroatoms. The second kappa shape index (κ2) is 7.28. The fraction of sp³-hybridized carbons (Fsp3) is 0.0952. The zero-order valence-corrected chi connectivity index (χ0v) is 15.8. The molecule has 0 amide bonds. The van der Waals surface area contributed by atoms with Crippen LogP contribution in [0.5, 0.6) is 5.75 Å². The van der Waals surface area contributed by atoms with Crippen molar-refractivity contribution in [2.45, 2.75) is 6.04 Å². The lowest BCUT2D eigenvalue weighted by molar-refractivity contribution is 0.0812. The summed E-state index contributed by atoms with van der Waals surface area (Å²) >= 11 is 0. The highest BCUT2D eigenvalue weighted by molar-refractivity contribution is 6.19. The van der Waals surface area contributed by atoms with E-state index in [9.17, 15) is 24.3 Å². The Morgan fingerprint density at radius 2 is 1.67 bits per heavy atom. The molecule has 0 aliphatic heterocycles. The van der Waals surface area contributed by atoms with Gasteiger partial charge in [-0.25, -0.2) is 9.78 Å². The molecular formula is C21H16N4O5. The molecule has 4 rings (SSSR count). The lowest BCUT2D eigenvalue weighted by atomic mass is 9.95. The van der Waals surface area contributed by atoms with E-state index in [0.29, 0.717) is 0 Å². The van der Waals surface area contributed by atoms with Gasteiger partial charge in [0.25, 0.3) is 5.56 Å². The maximum atomic E-state index is 13.4. The molecule has 2 aromatic carbocycles. The topological polar surface area (TPSA) is 127 Å². The largest absolute Gasteiger partial charge is 0.507 e. The number of para-hydroxylation sites is 1. The summed E-state index contributed by atoms with van der Waals surface area (Å²) in [5, 5.41) is 10.2. The third kappa shape index (κ3) is 3.02. The van der Waals surface area contributed by atoms with Gasteiger partial charge in [0.05, 0.1) is 11.9 Å². The van der Waals surface area contributed by atoms with E-state index in [1.807, 2.05) is 0 Å². The second-order valence-electron chi connectivity index (χ2n) is 6.67. The minimum Gasteiger partial charge on any atom is -0.507 e. The normalized spacial score (nSPS) is 12.0. The van der Waals surface area contributed by atoms with E-state index in [1.54, 1.807) is 25.2 Å². The Bertz CT molecular complexity index is 1400. The van der Waals surface area contributed by atoms with Gasteiger partial charge in [-0.2, -0.15) is 0 Å². The molecule has 0 bridgehead atoms. The first-order valence-corrected chi connectivity index (χ1v) is 8.97. The van der Waals surface area contributed by atoms with Gasteiger partial charge in [0.15, 0.2) is 28.8 Å². The molecule has 0 radical (unpaired) electrons. The summed E-state index contributed by atoms with van der Waals surface area (Å²) in [7, 11) is 1.55. The number of hydrogen-bond donors (Lipinski definition) is 2. The summed E-state index contributed by atoms with van der Waals surface area (Å²) in [4.78, 5) is 58.0. The number of aromatic hydroxyl groups is 1. The van der Waals surface area contributed by atoms with Gasteiger partial charge < -0.3 is 9.67 Å².